The lowest BCUT2D eigenvalue weighted by Gasteiger charge is -2.23. The first kappa shape index (κ1) is 17.8. The number of Topliss-reactive ketones (excluding diaryl/α,β-unsaturated/α-hetero) is 1. The zero-order chi connectivity index (χ0) is 18.8. The maximum atomic E-state index is 12.5. The molecule has 2 heteroatoms. The summed E-state index contributed by atoms with van der Waals surface area (Å²) in [4.78, 5) is 12.5. The maximum Gasteiger partial charge on any atom is 0.172 e. The molecule has 0 saturated carbocycles. The molecule has 1 atom stereocenters. The monoisotopic (exact) mass is 370 g/mol. The number of benzene rings is 4. The Morgan fingerprint density at radius 1 is 0.852 bits per heavy atom. The molecule has 0 aliphatic heterocycles. The van der Waals surface area contributed by atoms with Crippen molar-refractivity contribution >= 4 is 40.0 Å². The summed E-state index contributed by atoms with van der Waals surface area (Å²) in [7, 11) is 0. The Kier molecular flexibility index (Phi) is 5.00. The molecule has 0 spiro atoms. The molecule has 0 amide bonds. The molecule has 4 aromatic carbocycles. The standard InChI is InChI=1S/C25H22OS/c1-2-19(22-13-7-8-14-23(22)24(26)16-27)25-20-11-5-3-9-17(20)15-18-10-4-6-12-21(18)25/h3-15,19,27H,2,16H2,1H3. The minimum atomic E-state index is 0.0805. The summed E-state index contributed by atoms with van der Waals surface area (Å²) in [5.41, 5.74) is 3.20. The fraction of sp³-hybridized carbons (Fsp3) is 0.160. The number of fused-ring (bicyclic) bond motifs is 2. The van der Waals surface area contributed by atoms with Gasteiger partial charge in [-0.1, -0.05) is 79.7 Å². The normalized spacial score (nSPS) is 12.4. The van der Waals surface area contributed by atoms with Crippen LogP contribution in [0.1, 0.15) is 40.7 Å². The van der Waals surface area contributed by atoms with E-state index in [2.05, 4.69) is 80.2 Å². The SMILES string of the molecule is CCC(c1ccccc1C(=O)CS)c1c2ccccc2cc2ccccc12. The van der Waals surface area contributed by atoms with Crippen LogP contribution in [-0.4, -0.2) is 11.5 Å². The second-order valence-corrected chi connectivity index (χ2v) is 7.18. The highest BCUT2D eigenvalue weighted by molar-refractivity contribution is 7.81. The van der Waals surface area contributed by atoms with Crippen LogP contribution in [0.2, 0.25) is 0 Å². The molecule has 4 rings (SSSR count). The minimum Gasteiger partial charge on any atom is -0.293 e. The maximum absolute atomic E-state index is 12.5. The zero-order valence-corrected chi connectivity index (χ0v) is 16.2. The smallest absolute Gasteiger partial charge is 0.172 e. The number of hydrogen-bond acceptors (Lipinski definition) is 2. The van der Waals surface area contributed by atoms with Gasteiger partial charge in [-0.2, -0.15) is 12.6 Å². The largest absolute Gasteiger partial charge is 0.293 e. The van der Waals surface area contributed by atoms with E-state index < -0.39 is 0 Å². The quantitative estimate of drug-likeness (QED) is 0.236. The Balaban J connectivity index is 2.06. The molecule has 0 aliphatic rings. The van der Waals surface area contributed by atoms with Gasteiger partial charge in [0.1, 0.15) is 0 Å². The number of hydrogen-bond donors (Lipinski definition) is 1. The van der Waals surface area contributed by atoms with Gasteiger partial charge in [-0.3, -0.25) is 4.79 Å². The predicted octanol–water partition coefficient (Wildman–Crippen LogP) is 6.65. The van der Waals surface area contributed by atoms with Crippen LogP contribution in [0.5, 0.6) is 0 Å². The highest BCUT2D eigenvalue weighted by atomic mass is 32.1. The second kappa shape index (κ2) is 7.58. The molecular weight excluding hydrogens is 348 g/mol. The minimum absolute atomic E-state index is 0.0805. The first-order chi connectivity index (χ1) is 13.2. The molecule has 0 aliphatic carbocycles. The van der Waals surface area contributed by atoms with E-state index in [-0.39, 0.29) is 17.5 Å². The van der Waals surface area contributed by atoms with Crippen LogP contribution in [0.15, 0.2) is 78.9 Å². The van der Waals surface area contributed by atoms with E-state index >= 15 is 0 Å². The van der Waals surface area contributed by atoms with Gasteiger partial charge in [0.15, 0.2) is 5.78 Å². The van der Waals surface area contributed by atoms with Gasteiger partial charge in [0, 0.05) is 11.5 Å². The lowest BCUT2D eigenvalue weighted by Crippen LogP contribution is -2.10. The van der Waals surface area contributed by atoms with Crippen molar-refractivity contribution in [3.05, 3.63) is 95.6 Å². The summed E-state index contributed by atoms with van der Waals surface area (Å²) in [5, 5.41) is 5.00. The first-order valence-electron chi connectivity index (χ1n) is 9.38. The van der Waals surface area contributed by atoms with Crippen LogP contribution in [-0.2, 0) is 0 Å². The van der Waals surface area contributed by atoms with Gasteiger partial charge in [0.05, 0.1) is 5.75 Å². The molecule has 0 saturated heterocycles. The molecule has 1 nitrogen and oxygen atoms in total. The van der Waals surface area contributed by atoms with Crippen molar-refractivity contribution in [2.24, 2.45) is 0 Å². The van der Waals surface area contributed by atoms with Crippen molar-refractivity contribution in [3.63, 3.8) is 0 Å². The Morgan fingerprint density at radius 2 is 1.41 bits per heavy atom. The number of carbonyl (C=O) groups excluding carboxylic acids is 1. The first-order valence-corrected chi connectivity index (χ1v) is 10.0. The summed E-state index contributed by atoms with van der Waals surface area (Å²) in [6, 6.07) is 27.3. The zero-order valence-electron chi connectivity index (χ0n) is 15.4. The highest BCUT2D eigenvalue weighted by Crippen LogP contribution is 2.39. The van der Waals surface area contributed by atoms with Gasteiger partial charge in [-0.15, -0.1) is 0 Å². The average molecular weight is 371 g/mol. The lowest BCUT2D eigenvalue weighted by atomic mass is 9.80. The number of ketones is 1. The van der Waals surface area contributed by atoms with E-state index in [0.717, 1.165) is 17.5 Å². The second-order valence-electron chi connectivity index (χ2n) is 6.86. The molecule has 0 fully saturated rings. The van der Waals surface area contributed by atoms with Crippen LogP contribution in [0.25, 0.3) is 21.5 Å². The summed E-state index contributed by atoms with van der Waals surface area (Å²) in [6.07, 6.45) is 0.925. The fourth-order valence-corrected chi connectivity index (χ4v) is 4.31. The molecule has 0 bridgehead atoms. The molecule has 0 N–H and O–H groups in total. The summed E-state index contributed by atoms with van der Waals surface area (Å²) in [6.45, 7) is 2.20. The highest BCUT2D eigenvalue weighted by Gasteiger charge is 2.22. The molecule has 0 radical (unpaired) electrons. The third-order valence-electron chi connectivity index (χ3n) is 5.35. The van der Waals surface area contributed by atoms with E-state index in [1.807, 2.05) is 18.2 Å². The van der Waals surface area contributed by atoms with E-state index in [4.69, 9.17) is 0 Å². The van der Waals surface area contributed by atoms with Crippen LogP contribution in [0, 0.1) is 0 Å². The van der Waals surface area contributed by atoms with Crippen LogP contribution in [0.3, 0.4) is 0 Å². The van der Waals surface area contributed by atoms with Crippen molar-refractivity contribution in [3.8, 4) is 0 Å². The lowest BCUT2D eigenvalue weighted by molar-refractivity contribution is 0.102. The van der Waals surface area contributed by atoms with Crippen LogP contribution in [0.4, 0.5) is 0 Å². The number of rotatable bonds is 5. The average Bonchev–Trinajstić information content (AvgIpc) is 2.73. The van der Waals surface area contributed by atoms with Crippen LogP contribution >= 0.6 is 12.6 Å². The fourth-order valence-electron chi connectivity index (χ4n) is 4.14. The van der Waals surface area contributed by atoms with E-state index in [9.17, 15) is 4.79 Å². The van der Waals surface area contributed by atoms with Crippen molar-refractivity contribution in [1.82, 2.24) is 0 Å². The Hall–Kier alpha value is -2.58. The van der Waals surface area contributed by atoms with E-state index in [1.165, 1.54) is 27.1 Å². The van der Waals surface area contributed by atoms with Crippen molar-refractivity contribution in [2.45, 2.75) is 19.3 Å². The van der Waals surface area contributed by atoms with Gasteiger partial charge in [0.2, 0.25) is 0 Å². The third-order valence-corrected chi connectivity index (χ3v) is 5.64. The van der Waals surface area contributed by atoms with Crippen molar-refractivity contribution in [1.29, 1.82) is 0 Å². The van der Waals surface area contributed by atoms with Gasteiger partial charge in [-0.05, 0) is 45.2 Å². The predicted molar refractivity (Wildman–Crippen MR) is 118 cm³/mol. The molecule has 0 heterocycles. The molecular formula is C25H22OS. The topological polar surface area (TPSA) is 17.1 Å². The molecule has 1 unspecified atom stereocenters. The van der Waals surface area contributed by atoms with Gasteiger partial charge in [-0.25, -0.2) is 0 Å². The molecule has 27 heavy (non-hydrogen) atoms. The molecule has 0 aromatic heterocycles. The Bertz CT molecular complexity index is 1080. The summed E-state index contributed by atoms with van der Waals surface area (Å²) < 4.78 is 0. The van der Waals surface area contributed by atoms with Crippen molar-refractivity contribution < 1.29 is 4.79 Å². The Morgan fingerprint density at radius 3 is 2.00 bits per heavy atom. The van der Waals surface area contributed by atoms with E-state index in [0.29, 0.717) is 0 Å². The Labute approximate surface area is 165 Å². The summed E-state index contributed by atoms with van der Waals surface area (Å²) in [5.74, 6) is 0.460. The third kappa shape index (κ3) is 3.15. The number of thiol groups is 1. The van der Waals surface area contributed by atoms with Crippen molar-refractivity contribution in [2.75, 3.05) is 5.75 Å². The van der Waals surface area contributed by atoms with E-state index in [1.54, 1.807) is 0 Å². The van der Waals surface area contributed by atoms with Gasteiger partial charge < -0.3 is 0 Å². The molecule has 134 valence electrons. The van der Waals surface area contributed by atoms with Crippen LogP contribution < -0.4 is 0 Å². The summed E-state index contributed by atoms with van der Waals surface area (Å²) >= 11 is 4.23. The van der Waals surface area contributed by atoms with Gasteiger partial charge >= 0.3 is 0 Å². The molecule has 4 aromatic rings. The van der Waals surface area contributed by atoms with Gasteiger partial charge in [0.25, 0.3) is 0 Å². The number of carbonyl (C=O) groups is 1.